The zero-order valence-electron chi connectivity index (χ0n) is 13.4. The largest absolute Gasteiger partial charge is 0.469 e. The van der Waals surface area contributed by atoms with Crippen molar-refractivity contribution in [1.29, 1.82) is 0 Å². The molecule has 3 fully saturated rings. The van der Waals surface area contributed by atoms with Crippen LogP contribution in [-0.2, 0) is 23.9 Å². The van der Waals surface area contributed by atoms with E-state index in [1.165, 1.54) is 14.2 Å². The first kappa shape index (κ1) is 14.5. The summed E-state index contributed by atoms with van der Waals surface area (Å²) in [6.07, 6.45) is 0. The monoisotopic (exact) mass is 294 g/mol. The van der Waals surface area contributed by atoms with Gasteiger partial charge in [-0.2, -0.15) is 0 Å². The maximum Gasteiger partial charge on any atom is 0.309 e. The van der Waals surface area contributed by atoms with Crippen LogP contribution in [0.25, 0.3) is 0 Å². The Morgan fingerprint density at radius 2 is 1.33 bits per heavy atom. The van der Waals surface area contributed by atoms with Gasteiger partial charge in [-0.05, 0) is 17.3 Å². The van der Waals surface area contributed by atoms with Crippen LogP contribution in [0.1, 0.15) is 27.7 Å². The summed E-state index contributed by atoms with van der Waals surface area (Å²) in [6, 6.07) is 0. The maximum absolute atomic E-state index is 12.9. The van der Waals surface area contributed by atoms with Crippen LogP contribution in [0.3, 0.4) is 0 Å². The van der Waals surface area contributed by atoms with Crippen LogP contribution >= 0.6 is 0 Å². The molecule has 0 aromatic heterocycles. The third-order valence-electron chi connectivity index (χ3n) is 6.84. The van der Waals surface area contributed by atoms with E-state index in [2.05, 4.69) is 0 Å². The Balaban J connectivity index is 2.17. The van der Waals surface area contributed by atoms with Crippen LogP contribution in [0.15, 0.2) is 0 Å². The van der Waals surface area contributed by atoms with Gasteiger partial charge >= 0.3 is 11.9 Å². The van der Waals surface area contributed by atoms with Crippen LogP contribution in [0.5, 0.6) is 0 Å². The topological polar surface area (TPSA) is 69.7 Å². The van der Waals surface area contributed by atoms with Gasteiger partial charge in [0.25, 0.3) is 0 Å². The highest BCUT2D eigenvalue weighted by molar-refractivity contribution is 6.02. The minimum atomic E-state index is -0.623. The Morgan fingerprint density at radius 1 is 0.905 bits per heavy atom. The Kier molecular flexibility index (Phi) is 2.55. The molecule has 0 aromatic rings. The quantitative estimate of drug-likeness (QED) is 0.721. The highest BCUT2D eigenvalue weighted by atomic mass is 16.5. The molecule has 0 heterocycles. The van der Waals surface area contributed by atoms with Crippen molar-refractivity contribution in [1.82, 2.24) is 0 Å². The zero-order chi connectivity index (χ0) is 16.0. The SMILES string of the molecule is COC(=O)C1C(C(=O)OC)C2C3(C)C(=O)C(C)(C)C1C23C. The van der Waals surface area contributed by atoms with Crippen molar-refractivity contribution in [3.63, 3.8) is 0 Å². The second kappa shape index (κ2) is 3.68. The first-order valence-corrected chi connectivity index (χ1v) is 7.32. The van der Waals surface area contributed by atoms with E-state index < -0.39 is 34.6 Å². The van der Waals surface area contributed by atoms with E-state index >= 15 is 0 Å². The molecular weight excluding hydrogens is 272 g/mol. The number of carbonyl (C=O) groups is 3. The molecule has 21 heavy (non-hydrogen) atoms. The molecular formula is C16H22O5. The lowest BCUT2D eigenvalue weighted by molar-refractivity contribution is -0.160. The Bertz CT molecular complexity index is 565. The molecule has 116 valence electrons. The van der Waals surface area contributed by atoms with E-state index in [0.717, 1.165) is 0 Å². The fourth-order valence-corrected chi connectivity index (χ4v) is 6.14. The van der Waals surface area contributed by atoms with Gasteiger partial charge in [-0.3, -0.25) is 14.4 Å². The predicted molar refractivity (Wildman–Crippen MR) is 73.0 cm³/mol. The van der Waals surface area contributed by atoms with Gasteiger partial charge in [0.15, 0.2) is 0 Å². The second-order valence-corrected chi connectivity index (χ2v) is 7.59. The van der Waals surface area contributed by atoms with Crippen LogP contribution in [0, 0.1) is 39.9 Å². The van der Waals surface area contributed by atoms with Crippen molar-refractivity contribution in [2.75, 3.05) is 14.2 Å². The molecule has 3 rings (SSSR count). The average molecular weight is 294 g/mol. The molecule has 6 unspecified atom stereocenters. The van der Waals surface area contributed by atoms with Crippen LogP contribution in [-0.4, -0.2) is 31.9 Å². The number of rotatable bonds is 2. The second-order valence-electron chi connectivity index (χ2n) is 7.59. The molecule has 5 nitrogen and oxygen atoms in total. The summed E-state index contributed by atoms with van der Waals surface area (Å²) in [6.45, 7) is 7.74. The fourth-order valence-electron chi connectivity index (χ4n) is 6.14. The zero-order valence-corrected chi connectivity index (χ0v) is 13.4. The summed E-state index contributed by atoms with van der Waals surface area (Å²) in [5, 5.41) is 0. The molecule has 0 bridgehead atoms. The number of ether oxygens (including phenoxy) is 2. The molecule has 0 aromatic carbocycles. The van der Waals surface area contributed by atoms with Gasteiger partial charge in [-0.1, -0.05) is 27.7 Å². The fraction of sp³-hybridized carbons (Fsp3) is 0.812. The van der Waals surface area contributed by atoms with Crippen LogP contribution < -0.4 is 0 Å². The Morgan fingerprint density at radius 3 is 1.76 bits per heavy atom. The molecule has 0 aliphatic heterocycles. The van der Waals surface area contributed by atoms with Crippen molar-refractivity contribution in [2.45, 2.75) is 27.7 Å². The van der Waals surface area contributed by atoms with E-state index in [1.807, 2.05) is 27.7 Å². The molecule has 0 spiro atoms. The number of esters is 2. The summed E-state index contributed by atoms with van der Waals surface area (Å²) < 4.78 is 9.84. The lowest BCUT2D eigenvalue weighted by atomic mass is 9.70. The number of methoxy groups -OCH3 is 2. The van der Waals surface area contributed by atoms with Crippen LogP contribution in [0.2, 0.25) is 0 Å². The number of hydrogen-bond donors (Lipinski definition) is 0. The minimum Gasteiger partial charge on any atom is -0.469 e. The highest BCUT2D eigenvalue weighted by Crippen LogP contribution is 2.89. The lowest BCUT2D eigenvalue weighted by Crippen LogP contribution is -2.39. The molecule has 6 atom stereocenters. The number of hydrogen-bond acceptors (Lipinski definition) is 5. The lowest BCUT2D eigenvalue weighted by Gasteiger charge is -2.32. The maximum atomic E-state index is 12.9. The van der Waals surface area contributed by atoms with Crippen molar-refractivity contribution >= 4 is 17.7 Å². The third-order valence-corrected chi connectivity index (χ3v) is 6.84. The molecule has 3 aliphatic carbocycles. The van der Waals surface area contributed by atoms with Crippen molar-refractivity contribution in [3.8, 4) is 0 Å². The van der Waals surface area contributed by atoms with Gasteiger partial charge in [0.05, 0.1) is 26.1 Å². The van der Waals surface area contributed by atoms with E-state index in [9.17, 15) is 14.4 Å². The molecule has 0 radical (unpaired) electrons. The minimum absolute atomic E-state index is 0.118. The number of Topliss-reactive ketones (excluding diaryl/α,β-unsaturated/α-hetero) is 1. The first-order chi connectivity index (χ1) is 9.61. The van der Waals surface area contributed by atoms with Crippen molar-refractivity contribution in [2.24, 2.45) is 39.9 Å². The molecule has 0 amide bonds. The highest BCUT2D eigenvalue weighted by Gasteiger charge is 2.93. The Labute approximate surface area is 124 Å². The van der Waals surface area contributed by atoms with Gasteiger partial charge in [-0.15, -0.1) is 0 Å². The van der Waals surface area contributed by atoms with Crippen molar-refractivity contribution < 1.29 is 23.9 Å². The first-order valence-electron chi connectivity index (χ1n) is 7.32. The summed E-state index contributed by atoms with van der Waals surface area (Å²) in [7, 11) is 2.65. The number of fused-ring (bicyclic) bond motifs is 1. The summed E-state index contributed by atoms with van der Waals surface area (Å²) in [5.74, 6) is -2.11. The molecule has 3 aliphatic rings. The summed E-state index contributed by atoms with van der Waals surface area (Å²) in [5.41, 5.74) is -1.46. The van der Waals surface area contributed by atoms with E-state index in [0.29, 0.717) is 0 Å². The smallest absolute Gasteiger partial charge is 0.309 e. The molecule has 5 heteroatoms. The van der Waals surface area contributed by atoms with Gasteiger partial charge in [0.2, 0.25) is 0 Å². The standard InChI is InChI=1S/C16H22O5/c1-14(2)9-7(11(17)20-5)8(12(18)21-6)10-15(9,3)16(10,4)13(14)19/h7-10H,1-6H3. The molecule has 3 saturated carbocycles. The van der Waals surface area contributed by atoms with Gasteiger partial charge in [0.1, 0.15) is 5.78 Å². The number of carbonyl (C=O) groups excluding carboxylic acids is 3. The average Bonchev–Trinajstić information content (AvgIpc) is 2.75. The van der Waals surface area contributed by atoms with Crippen molar-refractivity contribution in [3.05, 3.63) is 0 Å². The van der Waals surface area contributed by atoms with Gasteiger partial charge in [-0.25, -0.2) is 0 Å². The van der Waals surface area contributed by atoms with E-state index in [-0.39, 0.29) is 23.0 Å². The molecule has 0 N–H and O–H groups in total. The Hall–Kier alpha value is -1.39. The normalized spacial score (nSPS) is 48.8. The number of ketones is 1. The van der Waals surface area contributed by atoms with E-state index in [1.54, 1.807) is 0 Å². The third kappa shape index (κ3) is 1.19. The summed E-state index contributed by atoms with van der Waals surface area (Å²) >= 11 is 0. The van der Waals surface area contributed by atoms with Gasteiger partial charge in [0, 0.05) is 10.8 Å². The van der Waals surface area contributed by atoms with E-state index in [4.69, 9.17) is 9.47 Å². The van der Waals surface area contributed by atoms with Crippen LogP contribution in [0.4, 0.5) is 0 Å². The van der Waals surface area contributed by atoms with Gasteiger partial charge < -0.3 is 9.47 Å². The predicted octanol–water partition coefficient (Wildman–Crippen LogP) is 1.45. The molecule has 0 saturated heterocycles. The summed E-state index contributed by atoms with van der Waals surface area (Å²) in [4.78, 5) is 37.4.